The zero-order chi connectivity index (χ0) is 12.3. The molecule has 0 unspecified atom stereocenters. The lowest BCUT2D eigenvalue weighted by Crippen LogP contribution is -2.05. The average molecular weight is 237 g/mol. The molecule has 90 valence electrons. The number of aromatic nitrogens is 2. The first-order valence-electron chi connectivity index (χ1n) is 5.11. The third-order valence-corrected chi connectivity index (χ3v) is 2.04. The zero-order valence-electron chi connectivity index (χ0n) is 9.26. The second kappa shape index (κ2) is 4.92. The van der Waals surface area contributed by atoms with Gasteiger partial charge >= 0.3 is 0 Å². The molecule has 2 aromatic rings. The lowest BCUT2D eigenvalue weighted by molar-refractivity contribution is 0.283. The Morgan fingerprint density at radius 3 is 3.00 bits per heavy atom. The zero-order valence-corrected chi connectivity index (χ0v) is 9.26. The van der Waals surface area contributed by atoms with Crippen LogP contribution in [0.1, 0.15) is 24.7 Å². The Hall–Kier alpha value is -1.95. The molecule has 5 nitrogen and oxygen atoms in total. The van der Waals surface area contributed by atoms with Crippen LogP contribution in [0.2, 0.25) is 0 Å². The Morgan fingerprint density at radius 1 is 1.53 bits per heavy atom. The van der Waals surface area contributed by atoms with Gasteiger partial charge in [0.25, 0.3) is 0 Å². The minimum atomic E-state index is -0.355. The highest BCUT2D eigenvalue weighted by atomic mass is 19.1. The van der Waals surface area contributed by atoms with Crippen LogP contribution in [0.4, 0.5) is 4.39 Å². The molecule has 0 spiro atoms. The Bertz CT molecular complexity index is 499. The smallest absolute Gasteiger partial charge is 0.243 e. The molecular formula is C11H12FN3O2. The number of rotatable bonds is 4. The van der Waals surface area contributed by atoms with Crippen molar-refractivity contribution in [1.82, 2.24) is 10.1 Å². The van der Waals surface area contributed by atoms with E-state index in [0.717, 1.165) is 0 Å². The number of benzene rings is 1. The van der Waals surface area contributed by atoms with Crippen LogP contribution in [0.3, 0.4) is 0 Å². The lowest BCUT2D eigenvalue weighted by Gasteiger charge is -2.02. The Morgan fingerprint density at radius 2 is 2.35 bits per heavy atom. The van der Waals surface area contributed by atoms with E-state index in [1.54, 1.807) is 19.1 Å². The fourth-order valence-corrected chi connectivity index (χ4v) is 1.22. The minimum Gasteiger partial charge on any atom is -0.485 e. The molecular weight excluding hydrogens is 225 g/mol. The molecule has 1 atom stereocenters. The summed E-state index contributed by atoms with van der Waals surface area (Å²) in [6.45, 7) is 1.85. The molecule has 0 radical (unpaired) electrons. The van der Waals surface area contributed by atoms with Gasteiger partial charge in [-0.1, -0.05) is 11.2 Å². The fraction of sp³-hybridized carbons (Fsp3) is 0.273. The summed E-state index contributed by atoms with van der Waals surface area (Å²) in [6.07, 6.45) is 0. The van der Waals surface area contributed by atoms with Crippen LogP contribution in [0.5, 0.6) is 5.75 Å². The van der Waals surface area contributed by atoms with E-state index < -0.39 is 0 Å². The minimum absolute atomic E-state index is 0.111. The van der Waals surface area contributed by atoms with Gasteiger partial charge in [0.05, 0.1) is 6.04 Å². The molecule has 0 aliphatic heterocycles. The summed E-state index contributed by atoms with van der Waals surface area (Å²) in [5.74, 6) is 0.786. The van der Waals surface area contributed by atoms with Crippen LogP contribution in [0, 0.1) is 5.82 Å². The molecule has 1 aromatic carbocycles. The summed E-state index contributed by atoms with van der Waals surface area (Å²) in [5.41, 5.74) is 5.57. The first-order chi connectivity index (χ1) is 8.15. The van der Waals surface area contributed by atoms with Crippen molar-refractivity contribution in [3.8, 4) is 5.75 Å². The summed E-state index contributed by atoms with van der Waals surface area (Å²) >= 11 is 0. The highest BCUT2D eigenvalue weighted by molar-refractivity contribution is 5.22. The number of nitrogens with two attached hydrogens (primary N) is 1. The summed E-state index contributed by atoms with van der Waals surface area (Å²) < 4.78 is 23.1. The molecule has 0 fully saturated rings. The molecule has 1 heterocycles. The van der Waals surface area contributed by atoms with E-state index in [9.17, 15) is 4.39 Å². The van der Waals surface area contributed by atoms with Crippen molar-refractivity contribution in [2.75, 3.05) is 0 Å². The van der Waals surface area contributed by atoms with Gasteiger partial charge < -0.3 is 15.0 Å². The van der Waals surface area contributed by atoms with Crippen LogP contribution in [0.15, 0.2) is 28.8 Å². The van der Waals surface area contributed by atoms with Crippen molar-refractivity contribution >= 4 is 0 Å². The molecule has 0 saturated carbocycles. The topological polar surface area (TPSA) is 74.2 Å². The van der Waals surface area contributed by atoms with Gasteiger partial charge in [-0.05, 0) is 19.1 Å². The normalized spacial score (nSPS) is 12.4. The standard InChI is InChI=1S/C11H12FN3O2/c1-7(13)11-14-10(15-17-11)6-16-9-4-2-3-8(12)5-9/h2-5,7H,6,13H2,1H3/t7-/m0/s1. The van der Waals surface area contributed by atoms with Gasteiger partial charge in [0.15, 0.2) is 6.61 Å². The molecule has 17 heavy (non-hydrogen) atoms. The van der Waals surface area contributed by atoms with Gasteiger partial charge in [0, 0.05) is 6.07 Å². The largest absolute Gasteiger partial charge is 0.485 e. The van der Waals surface area contributed by atoms with Gasteiger partial charge in [-0.25, -0.2) is 4.39 Å². The second-order valence-electron chi connectivity index (χ2n) is 3.58. The summed E-state index contributed by atoms with van der Waals surface area (Å²) in [4.78, 5) is 4.03. The number of hydrogen-bond acceptors (Lipinski definition) is 5. The van der Waals surface area contributed by atoms with Crippen LogP contribution >= 0.6 is 0 Å². The van der Waals surface area contributed by atoms with Gasteiger partial charge in [-0.15, -0.1) is 0 Å². The van der Waals surface area contributed by atoms with Gasteiger partial charge in [0.1, 0.15) is 11.6 Å². The molecule has 2 rings (SSSR count). The third-order valence-electron chi connectivity index (χ3n) is 2.04. The molecule has 1 aromatic heterocycles. The van der Waals surface area contributed by atoms with Crippen LogP contribution in [0.25, 0.3) is 0 Å². The van der Waals surface area contributed by atoms with E-state index in [4.69, 9.17) is 15.0 Å². The van der Waals surface area contributed by atoms with Crippen molar-refractivity contribution in [2.24, 2.45) is 5.73 Å². The predicted octanol–water partition coefficient (Wildman–Crippen LogP) is 1.81. The lowest BCUT2D eigenvalue weighted by atomic mass is 10.3. The van der Waals surface area contributed by atoms with E-state index >= 15 is 0 Å². The molecule has 0 aliphatic rings. The van der Waals surface area contributed by atoms with Crippen molar-refractivity contribution in [3.63, 3.8) is 0 Å². The van der Waals surface area contributed by atoms with Crippen LogP contribution in [-0.2, 0) is 6.61 Å². The highest BCUT2D eigenvalue weighted by Gasteiger charge is 2.10. The van der Waals surface area contributed by atoms with Crippen LogP contribution in [-0.4, -0.2) is 10.1 Å². The maximum atomic E-state index is 12.9. The first-order valence-corrected chi connectivity index (χ1v) is 5.11. The third kappa shape index (κ3) is 3.01. The first kappa shape index (κ1) is 11.5. The SMILES string of the molecule is C[C@H](N)c1nc(COc2cccc(F)c2)no1. The van der Waals surface area contributed by atoms with Crippen molar-refractivity contribution in [1.29, 1.82) is 0 Å². The number of ether oxygens (including phenoxy) is 1. The van der Waals surface area contributed by atoms with E-state index in [-0.39, 0.29) is 18.5 Å². The quantitative estimate of drug-likeness (QED) is 0.877. The molecule has 6 heteroatoms. The van der Waals surface area contributed by atoms with E-state index in [0.29, 0.717) is 17.5 Å². The summed E-state index contributed by atoms with van der Waals surface area (Å²) in [6, 6.07) is 5.52. The fourth-order valence-electron chi connectivity index (χ4n) is 1.22. The number of hydrogen-bond donors (Lipinski definition) is 1. The van der Waals surface area contributed by atoms with Crippen molar-refractivity contribution in [2.45, 2.75) is 19.6 Å². The molecule has 0 bridgehead atoms. The predicted molar refractivity (Wildman–Crippen MR) is 57.6 cm³/mol. The highest BCUT2D eigenvalue weighted by Crippen LogP contribution is 2.14. The molecule has 0 amide bonds. The average Bonchev–Trinajstić information content (AvgIpc) is 2.75. The molecule has 0 aliphatic carbocycles. The van der Waals surface area contributed by atoms with Gasteiger partial charge in [0.2, 0.25) is 11.7 Å². The Kier molecular flexibility index (Phi) is 3.34. The monoisotopic (exact) mass is 237 g/mol. The van der Waals surface area contributed by atoms with Gasteiger partial charge in [-0.3, -0.25) is 0 Å². The molecule has 0 saturated heterocycles. The van der Waals surface area contributed by atoms with E-state index in [1.807, 2.05) is 0 Å². The molecule has 2 N–H and O–H groups in total. The van der Waals surface area contributed by atoms with Gasteiger partial charge in [-0.2, -0.15) is 4.98 Å². The van der Waals surface area contributed by atoms with Crippen molar-refractivity contribution in [3.05, 3.63) is 41.8 Å². The van der Waals surface area contributed by atoms with E-state index in [1.165, 1.54) is 12.1 Å². The van der Waals surface area contributed by atoms with Crippen molar-refractivity contribution < 1.29 is 13.7 Å². The Labute approximate surface area is 97.4 Å². The Balaban J connectivity index is 1.97. The second-order valence-corrected chi connectivity index (χ2v) is 3.58. The van der Waals surface area contributed by atoms with Crippen LogP contribution < -0.4 is 10.5 Å². The van der Waals surface area contributed by atoms with E-state index in [2.05, 4.69) is 10.1 Å². The summed E-state index contributed by atoms with van der Waals surface area (Å²) in [7, 11) is 0. The number of halogens is 1. The maximum Gasteiger partial charge on any atom is 0.243 e. The summed E-state index contributed by atoms with van der Waals surface area (Å²) in [5, 5.41) is 3.69. The maximum absolute atomic E-state index is 12.9. The number of nitrogens with zero attached hydrogens (tertiary/aromatic N) is 2.